The van der Waals surface area contributed by atoms with Gasteiger partial charge in [-0.1, -0.05) is 19.1 Å². The van der Waals surface area contributed by atoms with Gasteiger partial charge in [-0.15, -0.1) is 0 Å². The van der Waals surface area contributed by atoms with Crippen LogP contribution in [0.5, 0.6) is 0 Å². The molecule has 1 saturated heterocycles. The third-order valence-corrected chi connectivity index (χ3v) is 4.95. The minimum absolute atomic E-state index is 0.267. The number of halogens is 1. The fraction of sp³-hybridized carbons (Fsp3) is 0.526. The van der Waals surface area contributed by atoms with Crippen molar-refractivity contribution in [3.05, 3.63) is 53.1 Å². The molecule has 2 atom stereocenters. The molecule has 1 N–H and O–H groups in total. The third-order valence-electron chi connectivity index (χ3n) is 4.95. The summed E-state index contributed by atoms with van der Waals surface area (Å²) in [6.07, 6.45) is 5.43. The van der Waals surface area contributed by atoms with Crippen molar-refractivity contribution in [2.75, 3.05) is 6.54 Å². The highest BCUT2D eigenvalue weighted by molar-refractivity contribution is 5.19. The van der Waals surface area contributed by atoms with Crippen LogP contribution in [0, 0.1) is 5.82 Å². The number of aromatic nitrogens is 2. The molecule has 0 saturated carbocycles. The van der Waals surface area contributed by atoms with E-state index in [0.29, 0.717) is 12.5 Å². The summed E-state index contributed by atoms with van der Waals surface area (Å²) in [6, 6.07) is 6.53. The van der Waals surface area contributed by atoms with Gasteiger partial charge in [0, 0.05) is 31.4 Å². The number of nitrogens with zero attached hydrogens (tertiary/aromatic N) is 3. The summed E-state index contributed by atoms with van der Waals surface area (Å²) >= 11 is 0. The molecule has 1 aromatic carbocycles. The zero-order valence-electron chi connectivity index (χ0n) is 14.5. The Kier molecular flexibility index (Phi) is 5.31. The van der Waals surface area contributed by atoms with E-state index >= 15 is 0 Å². The van der Waals surface area contributed by atoms with Crippen molar-refractivity contribution >= 4 is 0 Å². The van der Waals surface area contributed by atoms with Crippen molar-refractivity contribution in [3.8, 4) is 0 Å². The van der Waals surface area contributed by atoms with Crippen molar-refractivity contribution in [2.24, 2.45) is 7.05 Å². The molecule has 0 aliphatic carbocycles. The van der Waals surface area contributed by atoms with E-state index in [-0.39, 0.29) is 5.82 Å². The maximum Gasteiger partial charge on any atom is 0.123 e. The molecule has 1 aromatic heterocycles. The molecule has 1 fully saturated rings. The van der Waals surface area contributed by atoms with Crippen LogP contribution in [0.3, 0.4) is 0 Å². The zero-order chi connectivity index (χ0) is 17.1. The van der Waals surface area contributed by atoms with Crippen molar-refractivity contribution in [2.45, 2.75) is 51.3 Å². The summed E-state index contributed by atoms with van der Waals surface area (Å²) in [7, 11) is 1.96. The fourth-order valence-corrected chi connectivity index (χ4v) is 3.68. The largest absolute Gasteiger partial charge is 0.388 e. The SMILES string of the molecule is CCc1nn(C)cc1CN1CCCC1CC(O)c1ccc(F)cc1. The Morgan fingerprint density at radius 1 is 1.33 bits per heavy atom. The molecule has 3 rings (SSSR count). The first-order valence-corrected chi connectivity index (χ1v) is 8.75. The number of likely N-dealkylation sites (tertiary alicyclic amines) is 1. The van der Waals surface area contributed by atoms with Gasteiger partial charge in [0.25, 0.3) is 0 Å². The molecule has 0 radical (unpaired) electrons. The lowest BCUT2D eigenvalue weighted by Gasteiger charge is -2.26. The number of aryl methyl sites for hydroxylation is 2. The number of benzene rings is 1. The minimum Gasteiger partial charge on any atom is -0.388 e. The summed E-state index contributed by atoms with van der Waals surface area (Å²) < 4.78 is 14.9. The molecule has 2 heterocycles. The predicted molar refractivity (Wildman–Crippen MR) is 92.0 cm³/mol. The second-order valence-electron chi connectivity index (χ2n) is 6.70. The van der Waals surface area contributed by atoms with E-state index in [1.807, 2.05) is 11.7 Å². The lowest BCUT2D eigenvalue weighted by molar-refractivity contribution is 0.118. The molecule has 5 heteroatoms. The van der Waals surface area contributed by atoms with E-state index in [0.717, 1.165) is 43.6 Å². The number of aliphatic hydroxyl groups excluding tert-OH is 1. The van der Waals surface area contributed by atoms with Crippen LogP contribution in [0.1, 0.15) is 49.1 Å². The number of aliphatic hydroxyl groups is 1. The number of rotatable bonds is 6. The molecule has 4 nitrogen and oxygen atoms in total. The molecular formula is C19H26FN3O. The van der Waals surface area contributed by atoms with Crippen molar-refractivity contribution in [1.82, 2.24) is 14.7 Å². The molecule has 24 heavy (non-hydrogen) atoms. The topological polar surface area (TPSA) is 41.3 Å². The molecular weight excluding hydrogens is 305 g/mol. The van der Waals surface area contributed by atoms with Crippen LogP contribution >= 0.6 is 0 Å². The molecule has 0 spiro atoms. The van der Waals surface area contributed by atoms with Crippen LogP contribution in [0.15, 0.2) is 30.5 Å². The van der Waals surface area contributed by atoms with Crippen LogP contribution < -0.4 is 0 Å². The average molecular weight is 331 g/mol. The number of hydrogen-bond donors (Lipinski definition) is 1. The summed E-state index contributed by atoms with van der Waals surface area (Å²) in [5.41, 5.74) is 3.23. The zero-order valence-corrected chi connectivity index (χ0v) is 14.5. The Bertz CT molecular complexity index is 668. The van der Waals surface area contributed by atoms with E-state index in [9.17, 15) is 9.50 Å². The second-order valence-corrected chi connectivity index (χ2v) is 6.70. The van der Waals surface area contributed by atoms with Gasteiger partial charge in [-0.05, 0) is 49.9 Å². The van der Waals surface area contributed by atoms with Crippen LogP contribution in [0.4, 0.5) is 4.39 Å². The standard InChI is InChI=1S/C19H26FN3O/c1-3-18-15(12-22(2)21-18)13-23-10-4-5-17(23)11-19(24)14-6-8-16(20)9-7-14/h6-9,12,17,19,24H,3-5,10-11,13H2,1-2H3. The van der Waals surface area contributed by atoms with Crippen molar-refractivity contribution in [1.29, 1.82) is 0 Å². The Morgan fingerprint density at radius 2 is 2.08 bits per heavy atom. The highest BCUT2D eigenvalue weighted by Gasteiger charge is 2.28. The molecule has 2 unspecified atom stereocenters. The Morgan fingerprint density at radius 3 is 2.79 bits per heavy atom. The quantitative estimate of drug-likeness (QED) is 0.884. The van der Waals surface area contributed by atoms with Gasteiger partial charge < -0.3 is 5.11 Å². The first-order chi connectivity index (χ1) is 11.6. The highest BCUT2D eigenvalue weighted by Crippen LogP contribution is 2.29. The van der Waals surface area contributed by atoms with Gasteiger partial charge in [-0.25, -0.2) is 4.39 Å². The van der Waals surface area contributed by atoms with E-state index in [1.54, 1.807) is 12.1 Å². The summed E-state index contributed by atoms with van der Waals surface area (Å²) in [4.78, 5) is 2.45. The van der Waals surface area contributed by atoms with Gasteiger partial charge in [0.15, 0.2) is 0 Å². The summed E-state index contributed by atoms with van der Waals surface area (Å²) in [6.45, 7) is 4.07. The normalized spacial score (nSPS) is 19.8. The molecule has 1 aliphatic heterocycles. The van der Waals surface area contributed by atoms with Crippen LogP contribution in [0.25, 0.3) is 0 Å². The van der Waals surface area contributed by atoms with Crippen LogP contribution in [0.2, 0.25) is 0 Å². The van der Waals surface area contributed by atoms with Gasteiger partial charge in [-0.2, -0.15) is 5.10 Å². The molecule has 0 bridgehead atoms. The Balaban J connectivity index is 1.65. The monoisotopic (exact) mass is 331 g/mol. The summed E-state index contributed by atoms with van der Waals surface area (Å²) in [5.74, 6) is -0.267. The number of hydrogen-bond acceptors (Lipinski definition) is 3. The maximum absolute atomic E-state index is 13.0. The molecule has 130 valence electrons. The lowest BCUT2D eigenvalue weighted by Crippen LogP contribution is -2.30. The maximum atomic E-state index is 13.0. The minimum atomic E-state index is -0.546. The first-order valence-electron chi connectivity index (χ1n) is 8.75. The van der Waals surface area contributed by atoms with Crippen LogP contribution in [-0.2, 0) is 20.0 Å². The highest BCUT2D eigenvalue weighted by atomic mass is 19.1. The van der Waals surface area contributed by atoms with Gasteiger partial charge in [0.2, 0.25) is 0 Å². The van der Waals surface area contributed by atoms with Crippen molar-refractivity contribution in [3.63, 3.8) is 0 Å². The van der Waals surface area contributed by atoms with E-state index < -0.39 is 6.10 Å². The smallest absolute Gasteiger partial charge is 0.123 e. The second kappa shape index (κ2) is 7.45. The van der Waals surface area contributed by atoms with Gasteiger partial charge in [0.05, 0.1) is 11.8 Å². The van der Waals surface area contributed by atoms with Gasteiger partial charge in [0.1, 0.15) is 5.82 Å². The molecule has 2 aromatic rings. The Labute approximate surface area is 142 Å². The lowest BCUT2D eigenvalue weighted by atomic mass is 10.00. The van der Waals surface area contributed by atoms with Gasteiger partial charge >= 0.3 is 0 Å². The van der Waals surface area contributed by atoms with Crippen molar-refractivity contribution < 1.29 is 9.50 Å². The fourth-order valence-electron chi connectivity index (χ4n) is 3.68. The van der Waals surface area contributed by atoms with Gasteiger partial charge in [-0.3, -0.25) is 9.58 Å². The van der Waals surface area contributed by atoms with E-state index in [2.05, 4.69) is 23.1 Å². The third kappa shape index (κ3) is 3.84. The van der Waals surface area contributed by atoms with E-state index in [4.69, 9.17) is 0 Å². The first kappa shape index (κ1) is 17.1. The van der Waals surface area contributed by atoms with E-state index in [1.165, 1.54) is 17.7 Å². The summed E-state index contributed by atoms with van der Waals surface area (Å²) in [5, 5.41) is 15.0. The van der Waals surface area contributed by atoms with Crippen LogP contribution in [-0.4, -0.2) is 32.4 Å². The Hall–Kier alpha value is -1.72. The average Bonchev–Trinajstić information content (AvgIpc) is 3.14. The predicted octanol–water partition coefficient (Wildman–Crippen LogP) is 3.21. The molecule has 1 aliphatic rings. The molecule has 0 amide bonds.